The Kier molecular flexibility index (Phi) is 9.78. The average Bonchev–Trinajstić information content (AvgIpc) is 2.48. The summed E-state index contributed by atoms with van der Waals surface area (Å²) in [4.78, 5) is 0. The number of halogens is 1. The minimum Gasteiger partial charge on any atom is -0.307 e. The van der Waals surface area contributed by atoms with Gasteiger partial charge in [0.05, 0.1) is 0 Å². The monoisotopic (exact) mass is 309 g/mol. The van der Waals surface area contributed by atoms with Crippen LogP contribution in [0.5, 0.6) is 0 Å². The quantitative estimate of drug-likeness (QED) is 0.459. The van der Waals surface area contributed by atoms with Crippen molar-refractivity contribution in [3.8, 4) is 0 Å². The molecule has 1 rings (SSSR count). The highest BCUT2D eigenvalue weighted by atomic mass is 35.5. The van der Waals surface area contributed by atoms with E-state index in [2.05, 4.69) is 38.2 Å². The number of rotatable bonds is 11. The lowest BCUT2D eigenvalue weighted by Gasteiger charge is -2.24. The van der Waals surface area contributed by atoms with Gasteiger partial charge in [-0.2, -0.15) is 0 Å². The summed E-state index contributed by atoms with van der Waals surface area (Å²) in [5, 5.41) is 4.64. The summed E-state index contributed by atoms with van der Waals surface area (Å²) in [7, 11) is 0. The van der Waals surface area contributed by atoms with Gasteiger partial charge in [-0.3, -0.25) is 0 Å². The third-order valence-corrected chi connectivity index (χ3v) is 4.42. The minimum absolute atomic E-state index is 0.399. The maximum absolute atomic E-state index is 5.97. The molecule has 0 saturated heterocycles. The van der Waals surface area contributed by atoms with Crippen LogP contribution in [0.3, 0.4) is 0 Å². The summed E-state index contributed by atoms with van der Waals surface area (Å²) < 4.78 is 0. The topological polar surface area (TPSA) is 12.0 Å². The van der Waals surface area contributed by atoms with Gasteiger partial charge in [-0.05, 0) is 37.5 Å². The van der Waals surface area contributed by atoms with Crippen molar-refractivity contribution in [2.24, 2.45) is 0 Å². The van der Waals surface area contributed by atoms with Gasteiger partial charge in [-0.1, -0.05) is 76.1 Å². The zero-order valence-corrected chi connectivity index (χ0v) is 14.8. The molecular weight excluding hydrogens is 278 g/mol. The zero-order chi connectivity index (χ0) is 15.5. The van der Waals surface area contributed by atoms with E-state index < -0.39 is 0 Å². The molecule has 0 heterocycles. The number of hydrogen-bond acceptors (Lipinski definition) is 1. The fourth-order valence-electron chi connectivity index (χ4n) is 2.79. The van der Waals surface area contributed by atoms with Crippen LogP contribution in [0.25, 0.3) is 0 Å². The van der Waals surface area contributed by atoms with E-state index in [1.165, 1.54) is 56.9 Å². The number of benzene rings is 1. The summed E-state index contributed by atoms with van der Waals surface area (Å²) in [5.41, 5.74) is 1.33. The highest BCUT2D eigenvalue weighted by molar-refractivity contribution is 6.30. The molecule has 0 fully saturated rings. The molecule has 1 aromatic carbocycles. The van der Waals surface area contributed by atoms with Crippen molar-refractivity contribution in [2.75, 3.05) is 0 Å². The van der Waals surface area contributed by atoms with Crippen LogP contribution < -0.4 is 5.32 Å². The van der Waals surface area contributed by atoms with Gasteiger partial charge in [0.25, 0.3) is 0 Å². The van der Waals surface area contributed by atoms with Crippen LogP contribution in [-0.4, -0.2) is 6.04 Å². The van der Waals surface area contributed by atoms with E-state index >= 15 is 0 Å². The van der Waals surface area contributed by atoms with Gasteiger partial charge in [-0.15, -0.1) is 0 Å². The van der Waals surface area contributed by atoms with E-state index in [9.17, 15) is 0 Å². The fraction of sp³-hybridized carbons (Fsp3) is 0.684. The van der Waals surface area contributed by atoms with Gasteiger partial charge >= 0.3 is 0 Å². The second-order valence-electron chi connectivity index (χ2n) is 6.13. The number of nitrogens with one attached hydrogen (secondary N) is 1. The lowest BCUT2D eigenvalue weighted by Crippen LogP contribution is -2.31. The molecule has 0 radical (unpaired) electrons. The first-order valence-electron chi connectivity index (χ1n) is 8.68. The van der Waals surface area contributed by atoms with Crippen molar-refractivity contribution in [3.63, 3.8) is 0 Å². The molecule has 0 spiro atoms. The molecule has 1 nitrogen and oxygen atoms in total. The smallest absolute Gasteiger partial charge is 0.0406 e. The molecule has 0 aliphatic carbocycles. The normalized spacial score (nSPS) is 12.8. The highest BCUT2D eigenvalue weighted by Crippen LogP contribution is 2.19. The van der Waals surface area contributed by atoms with E-state index in [0.717, 1.165) is 5.02 Å². The van der Waals surface area contributed by atoms with Gasteiger partial charge in [0, 0.05) is 17.1 Å². The summed E-state index contributed by atoms with van der Waals surface area (Å²) in [6.07, 6.45) is 10.6. The molecular formula is C19H32ClN. The number of unbranched alkanes of at least 4 members (excludes halogenated alkanes) is 4. The van der Waals surface area contributed by atoms with Gasteiger partial charge < -0.3 is 5.32 Å². The van der Waals surface area contributed by atoms with Crippen molar-refractivity contribution in [1.29, 1.82) is 0 Å². The van der Waals surface area contributed by atoms with Gasteiger partial charge in [-0.25, -0.2) is 0 Å². The summed E-state index contributed by atoms with van der Waals surface area (Å²) in [5.74, 6) is 0. The van der Waals surface area contributed by atoms with Crippen LogP contribution in [0.15, 0.2) is 24.3 Å². The molecule has 2 heteroatoms. The molecule has 1 aromatic rings. The van der Waals surface area contributed by atoms with Gasteiger partial charge in [0.1, 0.15) is 0 Å². The van der Waals surface area contributed by atoms with Crippen LogP contribution in [0, 0.1) is 0 Å². The maximum atomic E-state index is 5.97. The van der Waals surface area contributed by atoms with Crippen LogP contribution in [0.4, 0.5) is 0 Å². The fourth-order valence-corrected chi connectivity index (χ4v) is 2.92. The third kappa shape index (κ3) is 7.87. The first-order valence-corrected chi connectivity index (χ1v) is 9.06. The van der Waals surface area contributed by atoms with E-state index in [-0.39, 0.29) is 0 Å². The Morgan fingerprint density at radius 2 is 1.43 bits per heavy atom. The van der Waals surface area contributed by atoms with Gasteiger partial charge in [0.2, 0.25) is 0 Å². The van der Waals surface area contributed by atoms with Gasteiger partial charge in [0.15, 0.2) is 0 Å². The third-order valence-electron chi connectivity index (χ3n) is 4.17. The molecule has 0 amide bonds. The van der Waals surface area contributed by atoms with E-state index in [1.54, 1.807) is 0 Å². The molecule has 0 bridgehead atoms. The predicted molar refractivity (Wildman–Crippen MR) is 95.1 cm³/mol. The van der Waals surface area contributed by atoms with Crippen molar-refractivity contribution in [2.45, 2.75) is 84.2 Å². The first-order chi connectivity index (χ1) is 10.2. The first kappa shape index (κ1) is 18.5. The molecule has 1 N–H and O–H groups in total. The Bertz CT molecular complexity index is 350. The minimum atomic E-state index is 0.399. The molecule has 0 aliphatic heterocycles. The maximum Gasteiger partial charge on any atom is 0.0406 e. The molecule has 120 valence electrons. The number of hydrogen-bond donors (Lipinski definition) is 1. The average molecular weight is 310 g/mol. The molecule has 21 heavy (non-hydrogen) atoms. The Morgan fingerprint density at radius 1 is 0.905 bits per heavy atom. The molecule has 1 atom stereocenters. The Hall–Kier alpha value is -0.530. The van der Waals surface area contributed by atoms with E-state index in [4.69, 9.17) is 11.6 Å². The molecule has 0 unspecified atom stereocenters. The van der Waals surface area contributed by atoms with Crippen LogP contribution in [-0.2, 0) is 0 Å². The van der Waals surface area contributed by atoms with Crippen molar-refractivity contribution >= 4 is 11.6 Å². The Balaban J connectivity index is 2.49. The SMILES string of the molecule is CCCCCC(CCCCC)N[C@@H](C)c1ccc(Cl)cc1. The second kappa shape index (κ2) is 11.1. The molecule has 0 aromatic heterocycles. The lowest BCUT2D eigenvalue weighted by atomic mass is 9.99. The zero-order valence-electron chi connectivity index (χ0n) is 14.0. The van der Waals surface area contributed by atoms with E-state index in [0.29, 0.717) is 12.1 Å². The second-order valence-corrected chi connectivity index (χ2v) is 6.56. The lowest BCUT2D eigenvalue weighted by molar-refractivity contribution is 0.384. The van der Waals surface area contributed by atoms with Crippen molar-refractivity contribution in [1.82, 2.24) is 5.32 Å². The van der Waals surface area contributed by atoms with Crippen molar-refractivity contribution < 1.29 is 0 Å². The van der Waals surface area contributed by atoms with Crippen LogP contribution in [0.2, 0.25) is 5.02 Å². The Morgan fingerprint density at radius 3 is 1.90 bits per heavy atom. The van der Waals surface area contributed by atoms with Crippen LogP contribution in [0.1, 0.15) is 83.7 Å². The largest absolute Gasteiger partial charge is 0.307 e. The summed E-state index contributed by atoms with van der Waals surface area (Å²) >= 11 is 5.97. The molecule has 0 aliphatic rings. The molecule has 0 saturated carbocycles. The van der Waals surface area contributed by atoms with Crippen LogP contribution >= 0.6 is 11.6 Å². The highest BCUT2D eigenvalue weighted by Gasteiger charge is 2.13. The van der Waals surface area contributed by atoms with E-state index in [1.807, 2.05) is 12.1 Å². The summed E-state index contributed by atoms with van der Waals surface area (Å²) in [6, 6.07) is 9.28. The summed E-state index contributed by atoms with van der Waals surface area (Å²) in [6.45, 7) is 6.81. The standard InChI is InChI=1S/C19H32ClN/c1-4-6-8-10-19(11-9-7-5-2)21-16(3)17-12-14-18(20)15-13-17/h12-16,19,21H,4-11H2,1-3H3/t16-/m0/s1. The Labute approximate surface area is 136 Å². The predicted octanol–water partition coefficient (Wildman–Crippen LogP) is 6.52. The van der Waals surface area contributed by atoms with Crippen molar-refractivity contribution in [3.05, 3.63) is 34.9 Å².